The molecule has 0 saturated carbocycles. The number of hydroxylamine groups is 2. The van der Waals surface area contributed by atoms with Crippen LogP contribution in [0.3, 0.4) is 0 Å². The lowest BCUT2D eigenvalue weighted by molar-refractivity contribution is 0.0461. The number of hydrogen-bond donors (Lipinski definition) is 2. The van der Waals surface area contributed by atoms with Gasteiger partial charge in [0.1, 0.15) is 0 Å². The Morgan fingerprint density at radius 3 is 1.72 bits per heavy atom. The van der Waals surface area contributed by atoms with Crippen molar-refractivity contribution in [2.75, 3.05) is 0 Å². The number of rotatable bonds is 10. The van der Waals surface area contributed by atoms with Gasteiger partial charge in [0, 0.05) is 5.70 Å². The molecule has 148 valence electrons. The molecular weight excluding hydrogens is 360 g/mol. The van der Waals surface area contributed by atoms with Gasteiger partial charge in [0.05, 0.1) is 18.9 Å². The topological polar surface area (TPSA) is 42.5 Å². The zero-order chi connectivity index (χ0) is 20.2. The average molecular weight is 386 g/mol. The molecule has 0 aliphatic heterocycles. The molecule has 4 nitrogen and oxygen atoms in total. The fraction of sp³-hybridized carbons (Fsp3) is 0.120. The van der Waals surface area contributed by atoms with Gasteiger partial charge in [-0.1, -0.05) is 91.0 Å². The second-order valence-corrected chi connectivity index (χ2v) is 6.59. The van der Waals surface area contributed by atoms with E-state index in [1.165, 1.54) is 0 Å². The van der Waals surface area contributed by atoms with Crippen molar-refractivity contribution in [3.8, 4) is 0 Å². The minimum absolute atomic E-state index is 0.470. The monoisotopic (exact) mass is 386 g/mol. The molecule has 0 fully saturated rings. The van der Waals surface area contributed by atoms with Crippen LogP contribution in [0.4, 0.5) is 0 Å². The normalized spacial score (nSPS) is 11.9. The lowest BCUT2D eigenvalue weighted by atomic mass is 10.2. The Kier molecular flexibility index (Phi) is 8.08. The van der Waals surface area contributed by atoms with E-state index in [9.17, 15) is 0 Å². The van der Waals surface area contributed by atoms with Gasteiger partial charge in [0.15, 0.2) is 0 Å². The summed E-state index contributed by atoms with van der Waals surface area (Å²) < 4.78 is 0. The van der Waals surface area contributed by atoms with Crippen molar-refractivity contribution in [2.24, 2.45) is 0 Å². The van der Waals surface area contributed by atoms with E-state index < -0.39 is 0 Å². The number of allylic oxidation sites excluding steroid dienone is 2. The van der Waals surface area contributed by atoms with E-state index in [4.69, 9.17) is 9.68 Å². The predicted molar refractivity (Wildman–Crippen MR) is 117 cm³/mol. The highest BCUT2D eigenvalue weighted by atomic mass is 16.6. The smallest absolute Gasteiger partial charge is 0.0996 e. The van der Waals surface area contributed by atoms with Crippen LogP contribution < -0.4 is 11.0 Å². The van der Waals surface area contributed by atoms with Gasteiger partial charge >= 0.3 is 0 Å². The molecule has 0 saturated heterocycles. The summed E-state index contributed by atoms with van der Waals surface area (Å²) in [5, 5.41) is 0. The quantitative estimate of drug-likeness (QED) is 0.363. The number of hydrogen-bond acceptors (Lipinski definition) is 4. The molecule has 0 aliphatic rings. The van der Waals surface area contributed by atoms with Crippen molar-refractivity contribution >= 4 is 6.08 Å². The molecule has 29 heavy (non-hydrogen) atoms. The van der Waals surface area contributed by atoms with Gasteiger partial charge in [-0.25, -0.2) is 0 Å². The highest BCUT2D eigenvalue weighted by molar-refractivity contribution is 5.55. The Morgan fingerprint density at radius 1 is 0.690 bits per heavy atom. The SMILES string of the molecule is CC(=CC(=Cc1ccccc1)NOCc1ccccc1)NOCc1ccccc1. The minimum Gasteiger partial charge on any atom is -0.272 e. The molecule has 0 aromatic heterocycles. The first-order chi connectivity index (χ1) is 14.3. The molecular formula is C25H26N2O2. The molecule has 0 bridgehead atoms. The molecule has 0 aliphatic carbocycles. The van der Waals surface area contributed by atoms with Gasteiger partial charge in [-0.05, 0) is 35.8 Å². The van der Waals surface area contributed by atoms with Gasteiger partial charge in [0.25, 0.3) is 0 Å². The van der Waals surface area contributed by atoms with Crippen LogP contribution in [0, 0.1) is 0 Å². The molecule has 0 unspecified atom stereocenters. The largest absolute Gasteiger partial charge is 0.272 e. The lowest BCUT2D eigenvalue weighted by Crippen LogP contribution is -2.16. The third-order valence-corrected chi connectivity index (χ3v) is 4.08. The predicted octanol–water partition coefficient (Wildman–Crippen LogP) is 5.37. The number of benzene rings is 3. The first-order valence-electron chi connectivity index (χ1n) is 9.58. The number of nitrogens with one attached hydrogen (secondary N) is 2. The molecule has 0 atom stereocenters. The molecule has 3 aromatic carbocycles. The van der Waals surface area contributed by atoms with Gasteiger partial charge in [-0.3, -0.25) is 20.6 Å². The summed E-state index contributed by atoms with van der Waals surface area (Å²) in [7, 11) is 0. The van der Waals surface area contributed by atoms with Crippen molar-refractivity contribution in [1.82, 2.24) is 11.0 Å². The van der Waals surface area contributed by atoms with E-state index >= 15 is 0 Å². The summed E-state index contributed by atoms with van der Waals surface area (Å²) in [6, 6.07) is 30.2. The van der Waals surface area contributed by atoms with Crippen molar-refractivity contribution < 1.29 is 9.68 Å². The Morgan fingerprint density at radius 2 is 1.17 bits per heavy atom. The summed E-state index contributed by atoms with van der Waals surface area (Å²) in [5.74, 6) is 0. The molecule has 0 radical (unpaired) electrons. The Hall–Kier alpha value is -3.34. The second kappa shape index (κ2) is 11.5. The van der Waals surface area contributed by atoms with E-state index in [1.807, 2.05) is 110 Å². The second-order valence-electron chi connectivity index (χ2n) is 6.59. The van der Waals surface area contributed by atoms with Gasteiger partial charge in [0.2, 0.25) is 0 Å². The van der Waals surface area contributed by atoms with Crippen LogP contribution in [0.1, 0.15) is 23.6 Å². The zero-order valence-corrected chi connectivity index (χ0v) is 16.5. The van der Waals surface area contributed by atoms with Crippen molar-refractivity contribution in [2.45, 2.75) is 20.1 Å². The van der Waals surface area contributed by atoms with Crippen LogP contribution in [0.2, 0.25) is 0 Å². The van der Waals surface area contributed by atoms with Gasteiger partial charge < -0.3 is 0 Å². The maximum Gasteiger partial charge on any atom is 0.0996 e. The van der Waals surface area contributed by atoms with Gasteiger partial charge in [-0.2, -0.15) is 0 Å². The standard InChI is InChI=1S/C25H26N2O2/c1-21(26-28-19-23-13-7-3-8-14-23)17-25(18-22-11-5-2-6-12-22)27-29-20-24-15-9-4-10-16-24/h2-18,26-27H,19-20H2,1H3. The average Bonchev–Trinajstić information content (AvgIpc) is 2.76. The van der Waals surface area contributed by atoms with E-state index in [1.54, 1.807) is 0 Å². The highest BCUT2D eigenvalue weighted by Gasteiger charge is 1.99. The van der Waals surface area contributed by atoms with Crippen LogP contribution in [0.25, 0.3) is 6.08 Å². The molecule has 0 heterocycles. The molecule has 0 spiro atoms. The third kappa shape index (κ3) is 7.66. The van der Waals surface area contributed by atoms with E-state index in [0.717, 1.165) is 28.1 Å². The summed E-state index contributed by atoms with van der Waals surface area (Å²) in [4.78, 5) is 11.3. The molecule has 0 amide bonds. The molecule has 4 heteroatoms. The van der Waals surface area contributed by atoms with Crippen LogP contribution in [0.15, 0.2) is 108 Å². The summed E-state index contributed by atoms with van der Waals surface area (Å²) in [6.45, 7) is 2.90. The lowest BCUT2D eigenvalue weighted by Gasteiger charge is -2.11. The Bertz CT molecular complexity index is 907. The summed E-state index contributed by atoms with van der Waals surface area (Å²) >= 11 is 0. The molecule has 3 aromatic rings. The third-order valence-electron chi connectivity index (χ3n) is 4.08. The van der Waals surface area contributed by atoms with E-state index in [-0.39, 0.29) is 0 Å². The van der Waals surface area contributed by atoms with Crippen molar-refractivity contribution in [1.29, 1.82) is 0 Å². The molecule has 3 rings (SSSR count). The fourth-order valence-corrected chi connectivity index (χ4v) is 2.68. The summed E-state index contributed by atoms with van der Waals surface area (Å²) in [6.07, 6.45) is 3.97. The highest BCUT2D eigenvalue weighted by Crippen LogP contribution is 2.09. The van der Waals surface area contributed by atoms with Crippen LogP contribution in [-0.4, -0.2) is 0 Å². The van der Waals surface area contributed by atoms with E-state index in [2.05, 4.69) is 11.0 Å². The maximum atomic E-state index is 5.70. The van der Waals surface area contributed by atoms with Gasteiger partial charge in [-0.15, -0.1) is 0 Å². The van der Waals surface area contributed by atoms with Crippen molar-refractivity contribution in [3.05, 3.63) is 125 Å². The first-order valence-corrected chi connectivity index (χ1v) is 9.58. The van der Waals surface area contributed by atoms with E-state index in [0.29, 0.717) is 13.2 Å². The Balaban J connectivity index is 1.60. The maximum absolute atomic E-state index is 5.70. The Labute approximate surface area is 172 Å². The minimum atomic E-state index is 0.470. The molecule has 2 N–H and O–H groups in total. The van der Waals surface area contributed by atoms with Crippen molar-refractivity contribution in [3.63, 3.8) is 0 Å². The fourth-order valence-electron chi connectivity index (χ4n) is 2.68. The van der Waals surface area contributed by atoms with Crippen LogP contribution in [-0.2, 0) is 22.9 Å². The van der Waals surface area contributed by atoms with Crippen LogP contribution in [0.5, 0.6) is 0 Å². The zero-order valence-electron chi connectivity index (χ0n) is 16.5. The first kappa shape index (κ1) is 20.4. The summed E-state index contributed by atoms with van der Waals surface area (Å²) in [5.41, 5.74) is 11.0. The van der Waals surface area contributed by atoms with Crippen LogP contribution >= 0.6 is 0 Å².